The summed E-state index contributed by atoms with van der Waals surface area (Å²) in [6.07, 6.45) is 7.80. The number of hydrogen-bond acceptors (Lipinski definition) is 4. The van der Waals surface area contributed by atoms with Gasteiger partial charge in [0.15, 0.2) is 0 Å². The van der Waals surface area contributed by atoms with Gasteiger partial charge in [0, 0.05) is 33.6 Å². The zero-order valence-electron chi connectivity index (χ0n) is 20.1. The van der Waals surface area contributed by atoms with E-state index < -0.39 is 10.0 Å². The molecule has 1 aliphatic rings. The highest BCUT2D eigenvalue weighted by molar-refractivity contribution is 7.92. The largest absolute Gasteiger partial charge is 0.497 e. The van der Waals surface area contributed by atoms with E-state index in [0.717, 1.165) is 66.1 Å². The van der Waals surface area contributed by atoms with E-state index in [1.807, 2.05) is 49.4 Å². The van der Waals surface area contributed by atoms with E-state index in [0.29, 0.717) is 11.6 Å². The van der Waals surface area contributed by atoms with Crippen LogP contribution in [0.15, 0.2) is 53.9 Å². The van der Waals surface area contributed by atoms with Crippen molar-refractivity contribution in [3.05, 3.63) is 87.0 Å². The van der Waals surface area contributed by atoms with Crippen LogP contribution in [0, 0.1) is 0 Å². The Labute approximate surface area is 212 Å². The number of halogens is 1. The third kappa shape index (κ3) is 6.75. The summed E-state index contributed by atoms with van der Waals surface area (Å²) in [6.45, 7) is 1.82. The molecule has 0 saturated heterocycles. The number of methoxy groups -OCH3 is 1. The number of hydrogen-bond donors (Lipinski definition) is 2. The summed E-state index contributed by atoms with van der Waals surface area (Å²) < 4.78 is 33.5. The summed E-state index contributed by atoms with van der Waals surface area (Å²) in [6, 6.07) is 14.9. The molecule has 1 unspecified atom stereocenters. The van der Waals surface area contributed by atoms with Crippen molar-refractivity contribution >= 4 is 27.7 Å². The topological polar surface area (TPSA) is 84.1 Å². The fraction of sp³-hybridized carbons (Fsp3) is 0.370. The molecule has 0 spiro atoms. The van der Waals surface area contributed by atoms with E-state index in [2.05, 4.69) is 21.0 Å². The molecule has 2 aromatic carbocycles. The molecule has 0 saturated carbocycles. The van der Waals surface area contributed by atoms with E-state index >= 15 is 0 Å². The van der Waals surface area contributed by atoms with E-state index in [9.17, 15) is 8.42 Å². The van der Waals surface area contributed by atoms with Crippen LogP contribution in [0.2, 0.25) is 5.02 Å². The molecule has 0 aliphatic heterocycles. The minimum atomic E-state index is -3.66. The number of ether oxygens (including phenoxy) is 1. The van der Waals surface area contributed by atoms with Crippen molar-refractivity contribution in [2.24, 2.45) is 0 Å². The first-order valence-corrected chi connectivity index (χ1v) is 13.9. The predicted molar refractivity (Wildman–Crippen MR) is 141 cm³/mol. The molecular weight excluding hydrogens is 482 g/mol. The second-order valence-corrected chi connectivity index (χ2v) is 11.1. The lowest BCUT2D eigenvalue weighted by atomic mass is 9.85. The van der Waals surface area contributed by atoms with Gasteiger partial charge in [0.05, 0.1) is 12.8 Å². The number of aromatic nitrogens is 2. The number of nitrogens with one attached hydrogen (secondary N) is 2. The van der Waals surface area contributed by atoms with Gasteiger partial charge < -0.3 is 4.74 Å². The molecule has 8 heteroatoms. The molecule has 2 N–H and O–H groups in total. The first-order valence-electron chi connectivity index (χ1n) is 12.0. The number of nitrogens with zero attached hydrogens (tertiary/aromatic N) is 1. The number of fused-ring (bicyclic) bond motifs is 1. The van der Waals surface area contributed by atoms with Gasteiger partial charge >= 0.3 is 0 Å². The van der Waals surface area contributed by atoms with Crippen molar-refractivity contribution in [3.8, 4) is 5.75 Å². The highest BCUT2D eigenvalue weighted by Gasteiger charge is 2.23. The van der Waals surface area contributed by atoms with Crippen LogP contribution in [0.5, 0.6) is 5.75 Å². The quantitative estimate of drug-likeness (QED) is 0.377. The second kappa shape index (κ2) is 11.4. The molecule has 0 amide bonds. The number of rotatable bonds is 8. The van der Waals surface area contributed by atoms with Gasteiger partial charge in [0.1, 0.15) is 5.75 Å². The minimum absolute atomic E-state index is 0.295. The van der Waals surface area contributed by atoms with E-state index in [1.54, 1.807) is 13.2 Å². The van der Waals surface area contributed by atoms with E-state index in [1.165, 1.54) is 11.0 Å². The zero-order valence-corrected chi connectivity index (χ0v) is 21.7. The Morgan fingerprint density at radius 3 is 2.74 bits per heavy atom. The van der Waals surface area contributed by atoms with Crippen molar-refractivity contribution in [1.82, 2.24) is 14.9 Å². The highest BCUT2D eigenvalue weighted by Crippen LogP contribution is 2.33. The average molecular weight is 514 g/mol. The smallest absolute Gasteiger partial charge is 0.234 e. The fourth-order valence-corrected chi connectivity index (χ4v) is 5.93. The van der Waals surface area contributed by atoms with Gasteiger partial charge in [0.25, 0.3) is 0 Å². The van der Waals surface area contributed by atoms with E-state index in [4.69, 9.17) is 16.3 Å². The van der Waals surface area contributed by atoms with Crippen molar-refractivity contribution < 1.29 is 13.2 Å². The minimum Gasteiger partial charge on any atom is -0.497 e. The highest BCUT2D eigenvalue weighted by atomic mass is 35.5. The van der Waals surface area contributed by atoms with Crippen LogP contribution >= 0.6 is 11.6 Å². The third-order valence-electron chi connectivity index (χ3n) is 6.55. The van der Waals surface area contributed by atoms with Crippen LogP contribution < -0.4 is 9.46 Å². The van der Waals surface area contributed by atoms with Gasteiger partial charge in [0.2, 0.25) is 10.0 Å². The Balaban J connectivity index is 1.51. The van der Waals surface area contributed by atoms with Gasteiger partial charge in [-0.3, -0.25) is 5.10 Å². The molecule has 1 aliphatic carbocycles. The van der Waals surface area contributed by atoms with Gasteiger partial charge in [-0.1, -0.05) is 48.7 Å². The van der Waals surface area contributed by atoms with Gasteiger partial charge in [-0.25, -0.2) is 13.1 Å². The predicted octanol–water partition coefficient (Wildman–Crippen LogP) is 6.17. The lowest BCUT2D eigenvalue weighted by molar-refractivity contribution is 0.414. The van der Waals surface area contributed by atoms with Gasteiger partial charge in [-0.2, -0.15) is 5.10 Å². The Morgan fingerprint density at radius 1 is 1.20 bits per heavy atom. The monoisotopic (exact) mass is 513 g/mol. The molecule has 186 valence electrons. The Kier molecular flexibility index (Phi) is 8.31. The number of sulfonamides is 1. The third-order valence-corrected chi connectivity index (χ3v) is 7.96. The number of benzene rings is 2. The zero-order chi connectivity index (χ0) is 24.8. The summed E-state index contributed by atoms with van der Waals surface area (Å²) >= 11 is 6.20. The standard InChI is InChI=1S/C27H32ClN3O3S/c1-19(21-11-13-24(34-2)14-12-21)31-35(32,33)16-15-26-25-10-5-3-4-8-22(27(25)30-29-26)17-20-7-6-9-23(28)18-20/h6-7,9,11-16,18-19,22,31H,3-5,8,10,17H2,1-2H3,(H,29,30)/t19-,22?/m0/s1. The maximum absolute atomic E-state index is 12.8. The Morgan fingerprint density at radius 2 is 2.00 bits per heavy atom. The number of aromatic amines is 1. The fourth-order valence-electron chi connectivity index (χ4n) is 4.70. The Hall–Kier alpha value is -2.61. The molecule has 35 heavy (non-hydrogen) atoms. The molecule has 6 nitrogen and oxygen atoms in total. The van der Waals surface area contributed by atoms with Crippen LogP contribution in [0.4, 0.5) is 0 Å². The van der Waals surface area contributed by atoms with Crippen LogP contribution in [-0.4, -0.2) is 25.7 Å². The first-order chi connectivity index (χ1) is 16.8. The van der Waals surface area contributed by atoms with Crippen molar-refractivity contribution in [2.45, 2.75) is 57.4 Å². The summed E-state index contributed by atoms with van der Waals surface area (Å²) in [4.78, 5) is 0. The normalized spacial score (nSPS) is 17.5. The van der Waals surface area contributed by atoms with Crippen LogP contribution in [-0.2, 0) is 22.9 Å². The lowest BCUT2D eigenvalue weighted by Crippen LogP contribution is -2.24. The molecule has 0 bridgehead atoms. The second-order valence-electron chi connectivity index (χ2n) is 9.09. The summed E-state index contributed by atoms with van der Waals surface area (Å²) in [7, 11) is -2.06. The van der Waals surface area contributed by atoms with Crippen LogP contribution in [0.25, 0.3) is 6.08 Å². The van der Waals surface area contributed by atoms with E-state index in [-0.39, 0.29) is 6.04 Å². The van der Waals surface area contributed by atoms with Crippen molar-refractivity contribution in [2.75, 3.05) is 7.11 Å². The molecule has 0 fully saturated rings. The maximum Gasteiger partial charge on any atom is 0.234 e. The molecule has 0 radical (unpaired) electrons. The Bertz CT molecular complexity index is 1270. The average Bonchev–Trinajstić information content (AvgIpc) is 3.22. The first kappa shape index (κ1) is 25.5. The van der Waals surface area contributed by atoms with Crippen LogP contribution in [0.3, 0.4) is 0 Å². The maximum atomic E-state index is 12.8. The van der Waals surface area contributed by atoms with Gasteiger partial charge in [-0.05, 0) is 74.1 Å². The van der Waals surface area contributed by atoms with Crippen molar-refractivity contribution in [1.29, 1.82) is 0 Å². The summed E-state index contributed by atoms with van der Waals surface area (Å²) in [5.74, 6) is 1.02. The summed E-state index contributed by atoms with van der Waals surface area (Å²) in [5.41, 5.74) is 4.98. The molecule has 4 rings (SSSR count). The molecule has 1 aromatic heterocycles. The van der Waals surface area contributed by atoms with Gasteiger partial charge in [-0.15, -0.1) is 0 Å². The molecular formula is C27H32ClN3O3S. The number of H-pyrrole nitrogens is 1. The van der Waals surface area contributed by atoms with Crippen LogP contribution in [0.1, 0.15) is 72.6 Å². The SMILES string of the molecule is COc1ccc([C@H](C)NS(=O)(=O)C=Cc2n[nH]c3c2CCCCCC3Cc2cccc(Cl)c2)cc1. The van der Waals surface area contributed by atoms with Crippen molar-refractivity contribution in [3.63, 3.8) is 0 Å². The molecule has 3 aromatic rings. The summed E-state index contributed by atoms with van der Waals surface area (Å²) in [5, 5.41) is 9.69. The molecule has 1 heterocycles. The molecule has 2 atom stereocenters. The lowest BCUT2D eigenvalue weighted by Gasteiger charge is -2.20.